The molecule has 0 spiro atoms. The summed E-state index contributed by atoms with van der Waals surface area (Å²) in [6.45, 7) is 4.39. The van der Waals surface area contributed by atoms with Gasteiger partial charge in [-0.05, 0) is 13.0 Å². The van der Waals surface area contributed by atoms with E-state index < -0.39 is 0 Å². The summed E-state index contributed by atoms with van der Waals surface area (Å²) in [5, 5.41) is 7.68. The first-order valence-corrected chi connectivity index (χ1v) is 6.15. The normalized spacial score (nSPS) is 10.6. The van der Waals surface area contributed by atoms with Crippen LogP contribution in [0.2, 0.25) is 0 Å². The van der Waals surface area contributed by atoms with E-state index in [-0.39, 0.29) is 0 Å². The molecule has 18 heavy (non-hydrogen) atoms. The van der Waals surface area contributed by atoms with Gasteiger partial charge in [-0.1, -0.05) is 18.2 Å². The van der Waals surface area contributed by atoms with Crippen molar-refractivity contribution in [2.45, 2.75) is 26.6 Å². The van der Waals surface area contributed by atoms with Gasteiger partial charge in [0.2, 0.25) is 0 Å². The second kappa shape index (κ2) is 6.21. The van der Waals surface area contributed by atoms with Crippen LogP contribution in [-0.4, -0.2) is 16.9 Å². The highest BCUT2D eigenvalue weighted by Gasteiger charge is 2.02. The molecule has 4 heteroatoms. The summed E-state index contributed by atoms with van der Waals surface area (Å²) in [7, 11) is 1.71. The Hall–Kier alpha value is -1.81. The first-order valence-electron chi connectivity index (χ1n) is 6.15. The number of anilines is 1. The number of ether oxygens (including phenoxy) is 1. The molecular formula is C14H19N3O. The van der Waals surface area contributed by atoms with Gasteiger partial charge in [-0.3, -0.25) is 4.68 Å². The first-order chi connectivity index (χ1) is 8.83. The van der Waals surface area contributed by atoms with Crippen molar-refractivity contribution in [1.82, 2.24) is 9.78 Å². The summed E-state index contributed by atoms with van der Waals surface area (Å²) in [4.78, 5) is 0. The van der Waals surface area contributed by atoms with Crippen molar-refractivity contribution in [3.8, 4) is 0 Å². The summed E-state index contributed by atoms with van der Waals surface area (Å²) in [6, 6.07) is 8.19. The van der Waals surface area contributed by atoms with Crippen molar-refractivity contribution in [2.75, 3.05) is 12.4 Å². The van der Waals surface area contributed by atoms with Crippen LogP contribution < -0.4 is 5.32 Å². The Labute approximate surface area is 108 Å². The van der Waals surface area contributed by atoms with E-state index in [9.17, 15) is 0 Å². The maximum absolute atomic E-state index is 5.19. The lowest BCUT2D eigenvalue weighted by atomic mass is 10.2. The van der Waals surface area contributed by atoms with Crippen LogP contribution in [0.4, 0.5) is 5.69 Å². The summed E-state index contributed by atoms with van der Waals surface area (Å²) in [6.07, 6.45) is 3.96. The molecule has 0 aliphatic rings. The van der Waals surface area contributed by atoms with Crippen LogP contribution in [0.1, 0.15) is 18.1 Å². The number of hydrogen-bond acceptors (Lipinski definition) is 3. The van der Waals surface area contributed by atoms with Crippen LogP contribution >= 0.6 is 0 Å². The second-order valence-corrected chi connectivity index (χ2v) is 4.15. The standard InChI is InChI=1S/C14H19N3O/c1-3-17-10-12(9-16-17)8-15-14-7-5-4-6-13(14)11-18-2/h4-7,9-10,15H,3,8,11H2,1-2H3. The minimum atomic E-state index is 0.622. The van der Waals surface area contributed by atoms with Gasteiger partial charge in [-0.2, -0.15) is 5.10 Å². The van der Waals surface area contributed by atoms with E-state index in [0.717, 1.165) is 18.8 Å². The van der Waals surface area contributed by atoms with Crippen molar-refractivity contribution in [2.24, 2.45) is 0 Å². The molecule has 2 aromatic rings. The zero-order valence-corrected chi connectivity index (χ0v) is 10.9. The summed E-state index contributed by atoms with van der Waals surface area (Å²) < 4.78 is 7.11. The number of benzene rings is 1. The maximum Gasteiger partial charge on any atom is 0.0733 e. The molecule has 0 atom stereocenters. The van der Waals surface area contributed by atoms with Crippen LogP contribution in [0.3, 0.4) is 0 Å². The molecule has 0 unspecified atom stereocenters. The van der Waals surface area contributed by atoms with Crippen molar-refractivity contribution < 1.29 is 4.74 Å². The Morgan fingerprint density at radius 2 is 2.17 bits per heavy atom. The Kier molecular flexibility index (Phi) is 4.36. The van der Waals surface area contributed by atoms with Gasteiger partial charge in [0.15, 0.2) is 0 Å². The number of aromatic nitrogens is 2. The minimum Gasteiger partial charge on any atom is -0.381 e. The zero-order chi connectivity index (χ0) is 12.8. The Morgan fingerprint density at radius 3 is 2.89 bits per heavy atom. The molecule has 0 aliphatic heterocycles. The second-order valence-electron chi connectivity index (χ2n) is 4.15. The van der Waals surface area contributed by atoms with E-state index in [1.54, 1.807) is 7.11 Å². The Balaban J connectivity index is 2.01. The van der Waals surface area contributed by atoms with Crippen LogP contribution in [-0.2, 0) is 24.4 Å². The number of methoxy groups -OCH3 is 1. The third-order valence-electron chi connectivity index (χ3n) is 2.81. The number of para-hydroxylation sites is 1. The van der Waals surface area contributed by atoms with E-state index in [1.807, 2.05) is 23.0 Å². The molecule has 0 radical (unpaired) electrons. The molecule has 1 aromatic carbocycles. The number of nitrogens with one attached hydrogen (secondary N) is 1. The molecule has 0 saturated carbocycles. The molecule has 2 rings (SSSR count). The number of nitrogens with zero attached hydrogens (tertiary/aromatic N) is 2. The van der Waals surface area contributed by atoms with E-state index in [0.29, 0.717) is 6.61 Å². The highest BCUT2D eigenvalue weighted by Crippen LogP contribution is 2.16. The summed E-state index contributed by atoms with van der Waals surface area (Å²) in [5.74, 6) is 0. The fourth-order valence-corrected chi connectivity index (χ4v) is 1.84. The lowest BCUT2D eigenvalue weighted by Crippen LogP contribution is -2.02. The Bertz CT molecular complexity index is 493. The van der Waals surface area contributed by atoms with E-state index >= 15 is 0 Å². The van der Waals surface area contributed by atoms with Gasteiger partial charge in [-0.25, -0.2) is 0 Å². The quantitative estimate of drug-likeness (QED) is 0.850. The number of hydrogen-bond donors (Lipinski definition) is 1. The lowest BCUT2D eigenvalue weighted by molar-refractivity contribution is 0.185. The molecular weight excluding hydrogens is 226 g/mol. The van der Waals surface area contributed by atoms with Crippen LogP contribution in [0.15, 0.2) is 36.7 Å². The molecule has 4 nitrogen and oxygen atoms in total. The van der Waals surface area contributed by atoms with Gasteiger partial charge >= 0.3 is 0 Å². The third-order valence-corrected chi connectivity index (χ3v) is 2.81. The largest absolute Gasteiger partial charge is 0.381 e. The molecule has 0 fully saturated rings. The minimum absolute atomic E-state index is 0.622. The van der Waals surface area contributed by atoms with Crippen molar-refractivity contribution in [1.29, 1.82) is 0 Å². The van der Waals surface area contributed by atoms with Crippen LogP contribution in [0.5, 0.6) is 0 Å². The van der Waals surface area contributed by atoms with Gasteiger partial charge in [0.1, 0.15) is 0 Å². The number of rotatable bonds is 6. The van der Waals surface area contributed by atoms with Crippen LogP contribution in [0, 0.1) is 0 Å². The molecule has 1 N–H and O–H groups in total. The molecule has 0 amide bonds. The monoisotopic (exact) mass is 245 g/mol. The van der Waals surface area contributed by atoms with Gasteiger partial charge in [-0.15, -0.1) is 0 Å². The van der Waals surface area contributed by atoms with Crippen molar-refractivity contribution in [3.63, 3.8) is 0 Å². The van der Waals surface area contributed by atoms with Gasteiger partial charge in [0.05, 0.1) is 12.8 Å². The smallest absolute Gasteiger partial charge is 0.0733 e. The zero-order valence-electron chi connectivity index (χ0n) is 10.9. The lowest BCUT2D eigenvalue weighted by Gasteiger charge is -2.10. The first kappa shape index (κ1) is 12.6. The van der Waals surface area contributed by atoms with Gasteiger partial charge in [0.25, 0.3) is 0 Å². The van der Waals surface area contributed by atoms with Crippen molar-refractivity contribution in [3.05, 3.63) is 47.8 Å². The predicted octanol–water partition coefficient (Wildman–Crippen LogP) is 2.66. The molecule has 0 saturated heterocycles. The maximum atomic E-state index is 5.19. The van der Waals surface area contributed by atoms with E-state index in [1.165, 1.54) is 11.1 Å². The van der Waals surface area contributed by atoms with Crippen molar-refractivity contribution >= 4 is 5.69 Å². The molecule has 0 aliphatic carbocycles. The average molecular weight is 245 g/mol. The Morgan fingerprint density at radius 1 is 1.33 bits per heavy atom. The molecule has 1 aromatic heterocycles. The summed E-state index contributed by atoms with van der Waals surface area (Å²) >= 11 is 0. The van der Waals surface area contributed by atoms with Crippen LogP contribution in [0.25, 0.3) is 0 Å². The summed E-state index contributed by atoms with van der Waals surface area (Å²) in [5.41, 5.74) is 3.47. The molecule has 1 heterocycles. The van der Waals surface area contributed by atoms with Gasteiger partial charge < -0.3 is 10.1 Å². The fraction of sp³-hybridized carbons (Fsp3) is 0.357. The average Bonchev–Trinajstić information content (AvgIpc) is 2.86. The molecule has 96 valence electrons. The molecule has 0 bridgehead atoms. The highest BCUT2D eigenvalue weighted by molar-refractivity contribution is 5.51. The highest BCUT2D eigenvalue weighted by atomic mass is 16.5. The van der Waals surface area contributed by atoms with Gasteiger partial charge in [0, 0.05) is 43.2 Å². The SMILES string of the molecule is CCn1cc(CNc2ccccc2COC)cn1. The number of aryl methyl sites for hydroxylation is 1. The third kappa shape index (κ3) is 3.11. The predicted molar refractivity (Wildman–Crippen MR) is 72.4 cm³/mol. The van der Waals surface area contributed by atoms with E-state index in [2.05, 4.69) is 35.7 Å². The topological polar surface area (TPSA) is 39.1 Å². The van der Waals surface area contributed by atoms with E-state index in [4.69, 9.17) is 4.74 Å². The fourth-order valence-electron chi connectivity index (χ4n) is 1.84.